The molecule has 0 amide bonds. The Balaban J connectivity index is 2.26. The third-order valence-electron chi connectivity index (χ3n) is 3.33. The van der Waals surface area contributed by atoms with E-state index in [0.29, 0.717) is 25.0 Å². The average Bonchev–Trinajstić information content (AvgIpc) is 2.25. The van der Waals surface area contributed by atoms with Crippen molar-refractivity contribution >= 4 is 0 Å². The largest absolute Gasteiger partial charge is 0.573 e. The summed E-state index contributed by atoms with van der Waals surface area (Å²) >= 11 is 0. The normalized spacial score (nSPS) is 26.3. The van der Waals surface area contributed by atoms with E-state index in [9.17, 15) is 18.3 Å². The van der Waals surface area contributed by atoms with Crippen molar-refractivity contribution in [1.29, 1.82) is 0 Å². The van der Waals surface area contributed by atoms with E-state index in [2.05, 4.69) is 4.74 Å². The summed E-state index contributed by atoms with van der Waals surface area (Å²) in [5, 5.41) is 10.7. The van der Waals surface area contributed by atoms with Gasteiger partial charge in [0.15, 0.2) is 0 Å². The van der Waals surface area contributed by atoms with Gasteiger partial charge in [0.05, 0.1) is 17.8 Å². The van der Waals surface area contributed by atoms with Crippen LogP contribution in [0.2, 0.25) is 0 Å². The standard InChI is InChI=1S/C14H17F3O3/c1-12(2)9-13(18,6-7-19-12)10-4-3-5-11(8-10)20-14(15,16)17/h3-5,8,18H,6-7,9H2,1-2H3. The summed E-state index contributed by atoms with van der Waals surface area (Å²) in [5.74, 6) is -0.326. The van der Waals surface area contributed by atoms with E-state index in [4.69, 9.17) is 4.74 Å². The van der Waals surface area contributed by atoms with Crippen LogP contribution in [-0.2, 0) is 10.3 Å². The average molecular weight is 290 g/mol. The Bertz CT molecular complexity index is 485. The molecular formula is C14H17F3O3. The van der Waals surface area contributed by atoms with Crippen LogP contribution >= 0.6 is 0 Å². The van der Waals surface area contributed by atoms with Crippen molar-refractivity contribution < 1.29 is 27.8 Å². The molecule has 1 unspecified atom stereocenters. The van der Waals surface area contributed by atoms with Crippen molar-refractivity contribution in [2.24, 2.45) is 0 Å². The highest BCUT2D eigenvalue weighted by atomic mass is 19.4. The Labute approximate surface area is 115 Å². The molecule has 1 fully saturated rings. The summed E-state index contributed by atoms with van der Waals surface area (Å²) < 4.78 is 46.1. The van der Waals surface area contributed by atoms with Gasteiger partial charge in [-0.2, -0.15) is 0 Å². The molecule has 0 aromatic heterocycles. The van der Waals surface area contributed by atoms with Gasteiger partial charge in [-0.05, 0) is 31.5 Å². The van der Waals surface area contributed by atoms with Gasteiger partial charge in [0.25, 0.3) is 0 Å². The third kappa shape index (κ3) is 3.64. The van der Waals surface area contributed by atoms with Gasteiger partial charge in [0.1, 0.15) is 5.75 Å². The predicted molar refractivity (Wildman–Crippen MR) is 66.3 cm³/mol. The Morgan fingerprint density at radius 1 is 1.30 bits per heavy atom. The zero-order chi connectivity index (χ0) is 15.0. The third-order valence-corrected chi connectivity index (χ3v) is 3.33. The van der Waals surface area contributed by atoms with E-state index in [-0.39, 0.29) is 5.75 Å². The molecule has 1 heterocycles. The maximum absolute atomic E-state index is 12.2. The van der Waals surface area contributed by atoms with Crippen molar-refractivity contribution in [3.05, 3.63) is 29.8 Å². The molecule has 0 radical (unpaired) electrons. The number of rotatable bonds is 2. The molecule has 0 saturated carbocycles. The van der Waals surface area contributed by atoms with Gasteiger partial charge in [0.2, 0.25) is 0 Å². The van der Waals surface area contributed by atoms with Gasteiger partial charge in [-0.25, -0.2) is 0 Å². The van der Waals surface area contributed by atoms with E-state index < -0.39 is 17.6 Å². The van der Waals surface area contributed by atoms with Gasteiger partial charge >= 0.3 is 6.36 Å². The zero-order valence-corrected chi connectivity index (χ0v) is 11.3. The Morgan fingerprint density at radius 2 is 2.00 bits per heavy atom. The molecule has 0 spiro atoms. The second-order valence-electron chi connectivity index (χ2n) is 5.64. The highest BCUT2D eigenvalue weighted by molar-refractivity contribution is 5.33. The van der Waals surface area contributed by atoms with Crippen LogP contribution in [0.1, 0.15) is 32.3 Å². The van der Waals surface area contributed by atoms with Crippen molar-refractivity contribution in [3.63, 3.8) is 0 Å². The molecular weight excluding hydrogens is 273 g/mol. The lowest BCUT2D eigenvalue weighted by atomic mass is 9.79. The number of alkyl halides is 3. The lowest BCUT2D eigenvalue weighted by Gasteiger charge is -2.41. The molecule has 1 aromatic rings. The summed E-state index contributed by atoms with van der Waals surface area (Å²) in [5.41, 5.74) is -1.31. The molecule has 0 aliphatic carbocycles. The number of ether oxygens (including phenoxy) is 2. The molecule has 3 nitrogen and oxygen atoms in total. The molecule has 112 valence electrons. The van der Waals surface area contributed by atoms with Crippen LogP contribution in [0.5, 0.6) is 5.75 Å². The fraction of sp³-hybridized carbons (Fsp3) is 0.571. The first-order valence-corrected chi connectivity index (χ1v) is 6.32. The molecule has 20 heavy (non-hydrogen) atoms. The second-order valence-corrected chi connectivity index (χ2v) is 5.64. The summed E-state index contributed by atoms with van der Waals surface area (Å²) in [6.07, 6.45) is -4.09. The predicted octanol–water partition coefficient (Wildman–Crippen LogP) is 3.36. The second kappa shape index (κ2) is 4.93. The topological polar surface area (TPSA) is 38.7 Å². The van der Waals surface area contributed by atoms with E-state index in [1.54, 1.807) is 6.07 Å². The smallest absolute Gasteiger partial charge is 0.406 e. The van der Waals surface area contributed by atoms with Crippen molar-refractivity contribution in [2.45, 2.75) is 44.3 Å². The van der Waals surface area contributed by atoms with Crippen LogP contribution in [0.15, 0.2) is 24.3 Å². The van der Waals surface area contributed by atoms with Crippen LogP contribution in [0.3, 0.4) is 0 Å². The van der Waals surface area contributed by atoms with Gasteiger partial charge in [-0.3, -0.25) is 0 Å². The SMILES string of the molecule is CC1(C)CC(O)(c2cccc(OC(F)(F)F)c2)CCO1. The molecule has 6 heteroatoms. The van der Waals surface area contributed by atoms with Crippen molar-refractivity contribution in [1.82, 2.24) is 0 Å². The van der Waals surface area contributed by atoms with Gasteiger partial charge in [-0.1, -0.05) is 12.1 Å². The summed E-state index contributed by atoms with van der Waals surface area (Å²) in [6, 6.07) is 5.49. The van der Waals surface area contributed by atoms with E-state index in [1.165, 1.54) is 18.2 Å². The molecule has 1 aliphatic rings. The zero-order valence-electron chi connectivity index (χ0n) is 11.3. The summed E-state index contributed by atoms with van der Waals surface area (Å²) in [7, 11) is 0. The lowest BCUT2D eigenvalue weighted by Crippen LogP contribution is -2.43. The van der Waals surface area contributed by atoms with Crippen LogP contribution in [-0.4, -0.2) is 23.7 Å². The molecule has 0 bridgehead atoms. The molecule has 1 atom stereocenters. The number of aliphatic hydroxyl groups is 1. The maximum atomic E-state index is 12.2. The minimum absolute atomic E-state index is 0.315. The number of benzene rings is 1. The number of hydrogen-bond donors (Lipinski definition) is 1. The summed E-state index contributed by atoms with van der Waals surface area (Å²) in [6.45, 7) is 4.04. The van der Waals surface area contributed by atoms with Gasteiger partial charge in [-0.15, -0.1) is 13.2 Å². The molecule has 1 N–H and O–H groups in total. The summed E-state index contributed by atoms with van der Waals surface area (Å²) in [4.78, 5) is 0. The van der Waals surface area contributed by atoms with Crippen LogP contribution in [0.4, 0.5) is 13.2 Å². The van der Waals surface area contributed by atoms with Crippen LogP contribution in [0, 0.1) is 0 Å². The molecule has 1 aromatic carbocycles. The first-order chi connectivity index (χ1) is 9.10. The lowest BCUT2D eigenvalue weighted by molar-refractivity contribution is -0.274. The Morgan fingerprint density at radius 3 is 2.60 bits per heavy atom. The fourth-order valence-electron chi connectivity index (χ4n) is 2.57. The van der Waals surface area contributed by atoms with Crippen LogP contribution < -0.4 is 4.74 Å². The van der Waals surface area contributed by atoms with Crippen molar-refractivity contribution in [2.75, 3.05) is 6.61 Å². The maximum Gasteiger partial charge on any atom is 0.573 e. The monoisotopic (exact) mass is 290 g/mol. The van der Waals surface area contributed by atoms with E-state index >= 15 is 0 Å². The number of halogens is 3. The Hall–Kier alpha value is -1.27. The highest BCUT2D eigenvalue weighted by Gasteiger charge is 2.41. The van der Waals surface area contributed by atoms with Gasteiger partial charge in [0, 0.05) is 12.8 Å². The van der Waals surface area contributed by atoms with E-state index in [1.807, 2.05) is 13.8 Å². The number of hydrogen-bond acceptors (Lipinski definition) is 3. The first-order valence-electron chi connectivity index (χ1n) is 6.32. The van der Waals surface area contributed by atoms with Crippen LogP contribution in [0.25, 0.3) is 0 Å². The molecule has 2 rings (SSSR count). The molecule has 1 aliphatic heterocycles. The quantitative estimate of drug-likeness (QED) is 0.907. The van der Waals surface area contributed by atoms with Gasteiger partial charge < -0.3 is 14.6 Å². The minimum atomic E-state index is -4.74. The molecule has 1 saturated heterocycles. The van der Waals surface area contributed by atoms with Crippen molar-refractivity contribution in [3.8, 4) is 5.75 Å². The first kappa shape index (κ1) is 15.1. The fourth-order valence-corrected chi connectivity index (χ4v) is 2.57. The Kier molecular flexibility index (Phi) is 3.73. The highest BCUT2D eigenvalue weighted by Crippen LogP contribution is 2.40. The van der Waals surface area contributed by atoms with E-state index in [0.717, 1.165) is 0 Å². The minimum Gasteiger partial charge on any atom is -0.406 e.